The Morgan fingerprint density at radius 3 is 2.74 bits per heavy atom. The van der Waals surface area contributed by atoms with E-state index >= 15 is 0 Å². The molecule has 0 bridgehead atoms. The van der Waals surface area contributed by atoms with E-state index < -0.39 is 5.60 Å². The van der Waals surface area contributed by atoms with Crippen molar-refractivity contribution in [2.45, 2.75) is 56.8 Å². The molecule has 1 saturated carbocycles. The molecule has 0 spiro atoms. The Bertz CT molecular complexity index is 383. The van der Waals surface area contributed by atoms with Crippen LogP contribution in [-0.2, 0) is 10.3 Å². The summed E-state index contributed by atoms with van der Waals surface area (Å²) in [5.41, 5.74) is 0.113. The molecule has 1 aliphatic rings. The van der Waals surface area contributed by atoms with Crippen molar-refractivity contribution in [1.29, 1.82) is 0 Å². The maximum Gasteiger partial charge on any atom is 0.1000 e. The monoisotopic (exact) mass is 283 g/mol. The van der Waals surface area contributed by atoms with Crippen LogP contribution in [-0.4, -0.2) is 30.4 Å². The van der Waals surface area contributed by atoms with E-state index in [-0.39, 0.29) is 11.6 Å². The van der Waals surface area contributed by atoms with E-state index in [1.54, 1.807) is 18.4 Å². The van der Waals surface area contributed by atoms with Gasteiger partial charge in [-0.25, -0.2) is 0 Å². The van der Waals surface area contributed by atoms with Crippen molar-refractivity contribution in [2.24, 2.45) is 0 Å². The Hall–Kier alpha value is -0.420. The van der Waals surface area contributed by atoms with Crippen LogP contribution in [0.25, 0.3) is 0 Å². The lowest BCUT2D eigenvalue weighted by atomic mass is 9.91. The van der Waals surface area contributed by atoms with Gasteiger partial charge >= 0.3 is 0 Å². The quantitative estimate of drug-likeness (QED) is 0.843. The lowest BCUT2D eigenvalue weighted by Crippen LogP contribution is -2.51. The number of hydrogen-bond donors (Lipinski definition) is 2. The zero-order chi connectivity index (χ0) is 13.9. The summed E-state index contributed by atoms with van der Waals surface area (Å²) in [4.78, 5) is 0. The highest BCUT2D eigenvalue weighted by atomic mass is 32.1. The Balaban J connectivity index is 1.94. The summed E-state index contributed by atoms with van der Waals surface area (Å²) in [7, 11) is 1.81. The summed E-state index contributed by atoms with van der Waals surface area (Å²) in [6, 6.07) is 2.24. The highest BCUT2D eigenvalue weighted by molar-refractivity contribution is 7.08. The summed E-state index contributed by atoms with van der Waals surface area (Å²) in [5, 5.41) is 18.0. The predicted octanol–water partition coefficient (Wildman–Crippen LogP) is 2.89. The lowest BCUT2D eigenvalue weighted by Gasteiger charge is -2.36. The van der Waals surface area contributed by atoms with Crippen molar-refractivity contribution in [3.8, 4) is 0 Å². The molecular weight excluding hydrogens is 258 g/mol. The zero-order valence-corrected chi connectivity index (χ0v) is 12.9. The highest BCUT2D eigenvalue weighted by Gasteiger charge is 2.39. The van der Waals surface area contributed by atoms with E-state index in [2.05, 4.69) is 12.2 Å². The van der Waals surface area contributed by atoms with E-state index in [1.165, 1.54) is 12.8 Å². The Morgan fingerprint density at radius 1 is 1.53 bits per heavy atom. The van der Waals surface area contributed by atoms with Gasteiger partial charge in [-0.15, -0.1) is 0 Å². The van der Waals surface area contributed by atoms with Crippen LogP contribution in [0.3, 0.4) is 0 Å². The van der Waals surface area contributed by atoms with Crippen molar-refractivity contribution in [3.63, 3.8) is 0 Å². The number of thiophene rings is 1. The molecule has 1 aliphatic carbocycles. The first-order valence-corrected chi connectivity index (χ1v) is 7.98. The molecule has 0 aliphatic heterocycles. The minimum Gasteiger partial charge on any atom is -0.384 e. The Morgan fingerprint density at radius 2 is 2.21 bits per heavy atom. The number of hydrogen-bond acceptors (Lipinski definition) is 4. The molecular formula is C15H25NO2S. The number of rotatable bonds is 6. The topological polar surface area (TPSA) is 41.5 Å². The van der Waals surface area contributed by atoms with Crippen molar-refractivity contribution in [2.75, 3.05) is 13.7 Å². The molecule has 2 atom stereocenters. The van der Waals surface area contributed by atoms with Gasteiger partial charge in [-0.1, -0.05) is 12.8 Å². The number of nitrogens with one attached hydrogen (secondary N) is 1. The van der Waals surface area contributed by atoms with Crippen LogP contribution in [0.15, 0.2) is 16.8 Å². The van der Waals surface area contributed by atoms with Crippen LogP contribution < -0.4 is 5.32 Å². The molecule has 1 fully saturated rings. The van der Waals surface area contributed by atoms with Crippen LogP contribution in [0.1, 0.15) is 45.1 Å². The fourth-order valence-corrected chi connectivity index (χ4v) is 3.78. The smallest absolute Gasteiger partial charge is 0.1000 e. The van der Waals surface area contributed by atoms with Crippen molar-refractivity contribution < 1.29 is 9.84 Å². The zero-order valence-electron chi connectivity index (χ0n) is 12.1. The lowest BCUT2D eigenvalue weighted by molar-refractivity contribution is -0.0384. The van der Waals surface area contributed by atoms with Crippen LogP contribution >= 0.6 is 11.3 Å². The third kappa shape index (κ3) is 3.19. The standard InChI is InChI=1S/C15H25NO2S/c1-12(15(18-3)7-4-5-8-15)16-11-14(2,17)13-6-9-19-10-13/h6,9-10,12,16-17H,4-5,7-8,11H2,1-3H3. The summed E-state index contributed by atoms with van der Waals surface area (Å²) in [6.45, 7) is 4.58. The van der Waals surface area contributed by atoms with Gasteiger partial charge in [0.1, 0.15) is 0 Å². The normalized spacial score (nSPS) is 23.2. The van der Waals surface area contributed by atoms with Gasteiger partial charge in [0, 0.05) is 19.7 Å². The molecule has 1 heterocycles. The summed E-state index contributed by atoms with van der Waals surface area (Å²) >= 11 is 1.62. The molecule has 4 heteroatoms. The molecule has 0 saturated heterocycles. The molecule has 2 rings (SSSR count). The second kappa shape index (κ2) is 5.92. The van der Waals surface area contributed by atoms with Gasteiger partial charge in [0.2, 0.25) is 0 Å². The minimum absolute atomic E-state index is 0.0509. The maximum atomic E-state index is 10.5. The summed E-state index contributed by atoms with van der Waals surface area (Å²) in [6.07, 6.45) is 4.69. The van der Waals surface area contributed by atoms with Gasteiger partial charge in [-0.2, -0.15) is 11.3 Å². The van der Waals surface area contributed by atoms with Crippen molar-refractivity contribution >= 4 is 11.3 Å². The fraction of sp³-hybridized carbons (Fsp3) is 0.733. The van der Waals surface area contributed by atoms with Gasteiger partial charge < -0.3 is 15.2 Å². The SMILES string of the molecule is COC1(C(C)NCC(C)(O)c2ccsc2)CCCC1. The van der Waals surface area contributed by atoms with Crippen molar-refractivity contribution in [3.05, 3.63) is 22.4 Å². The van der Waals surface area contributed by atoms with Gasteiger partial charge in [0.25, 0.3) is 0 Å². The number of methoxy groups -OCH3 is 1. The van der Waals surface area contributed by atoms with Gasteiger partial charge in [0.05, 0.1) is 11.2 Å². The van der Waals surface area contributed by atoms with Crippen LogP contribution in [0.2, 0.25) is 0 Å². The molecule has 2 unspecified atom stereocenters. The average molecular weight is 283 g/mol. The fourth-order valence-electron chi connectivity index (χ4n) is 3.00. The molecule has 108 valence electrons. The molecule has 2 N–H and O–H groups in total. The maximum absolute atomic E-state index is 10.5. The molecule has 1 aromatic heterocycles. The number of aliphatic hydroxyl groups is 1. The second-order valence-corrected chi connectivity index (χ2v) is 6.64. The third-order valence-corrected chi connectivity index (χ3v) is 5.22. The van der Waals surface area contributed by atoms with Crippen LogP contribution in [0.5, 0.6) is 0 Å². The highest BCUT2D eigenvalue weighted by Crippen LogP contribution is 2.35. The van der Waals surface area contributed by atoms with E-state index in [1.807, 2.05) is 23.8 Å². The van der Waals surface area contributed by atoms with Gasteiger partial charge in [0.15, 0.2) is 0 Å². The molecule has 1 aromatic rings. The van der Waals surface area contributed by atoms with Crippen LogP contribution in [0.4, 0.5) is 0 Å². The first-order valence-electron chi connectivity index (χ1n) is 7.04. The molecule has 3 nitrogen and oxygen atoms in total. The van der Waals surface area contributed by atoms with Gasteiger partial charge in [-0.3, -0.25) is 0 Å². The second-order valence-electron chi connectivity index (χ2n) is 5.86. The predicted molar refractivity (Wildman–Crippen MR) is 79.6 cm³/mol. The molecule has 0 amide bonds. The summed E-state index contributed by atoms with van der Waals surface area (Å²) in [5.74, 6) is 0. The first kappa shape index (κ1) is 15.0. The van der Waals surface area contributed by atoms with Gasteiger partial charge in [-0.05, 0) is 49.1 Å². The number of ether oxygens (including phenoxy) is 1. The molecule has 0 radical (unpaired) electrons. The average Bonchev–Trinajstić information content (AvgIpc) is 3.07. The van der Waals surface area contributed by atoms with Crippen LogP contribution in [0, 0.1) is 0 Å². The van der Waals surface area contributed by atoms with E-state index in [0.29, 0.717) is 6.54 Å². The Labute approximate surface area is 120 Å². The largest absolute Gasteiger partial charge is 0.384 e. The van der Waals surface area contributed by atoms with E-state index in [4.69, 9.17) is 4.74 Å². The first-order chi connectivity index (χ1) is 9.00. The van der Waals surface area contributed by atoms with E-state index in [9.17, 15) is 5.11 Å². The molecule has 0 aromatic carbocycles. The minimum atomic E-state index is -0.818. The molecule has 19 heavy (non-hydrogen) atoms. The Kier molecular flexibility index (Phi) is 4.66. The third-order valence-electron chi connectivity index (χ3n) is 4.54. The van der Waals surface area contributed by atoms with E-state index in [0.717, 1.165) is 18.4 Å². The van der Waals surface area contributed by atoms with Crippen molar-refractivity contribution in [1.82, 2.24) is 5.32 Å². The summed E-state index contributed by atoms with van der Waals surface area (Å²) < 4.78 is 5.77.